The molecule has 0 bridgehead atoms. The maximum Gasteiger partial charge on any atom is 0.213 e. The van der Waals surface area contributed by atoms with E-state index in [9.17, 15) is 0 Å². The van der Waals surface area contributed by atoms with Crippen LogP contribution in [-0.2, 0) is 0 Å². The normalized spacial score (nSPS) is 10.5. The summed E-state index contributed by atoms with van der Waals surface area (Å²) in [6.45, 7) is 1.92. The van der Waals surface area contributed by atoms with Crippen LogP contribution in [-0.4, -0.2) is 15.1 Å². The summed E-state index contributed by atoms with van der Waals surface area (Å²) in [4.78, 5) is 7.85. The van der Waals surface area contributed by atoms with Crippen molar-refractivity contribution in [1.82, 2.24) is 15.1 Å². The summed E-state index contributed by atoms with van der Waals surface area (Å²) >= 11 is 0. The maximum atomic E-state index is 4.63. The Balaban J connectivity index is 2.78. The fourth-order valence-electron chi connectivity index (χ4n) is 0.814. The molecule has 0 aromatic heterocycles. The van der Waals surface area contributed by atoms with E-state index in [0.717, 1.165) is 11.3 Å². The molecular formula is C6H5N3O. The van der Waals surface area contributed by atoms with Gasteiger partial charge in [0.25, 0.3) is 0 Å². The summed E-state index contributed by atoms with van der Waals surface area (Å²) in [6, 6.07) is 0. The van der Waals surface area contributed by atoms with Gasteiger partial charge in [0.2, 0.25) is 6.39 Å². The third-order valence-corrected chi connectivity index (χ3v) is 1.33. The third-order valence-electron chi connectivity index (χ3n) is 1.33. The molecule has 2 heterocycles. The Morgan fingerprint density at radius 1 is 1.40 bits per heavy atom. The molecule has 0 fully saturated rings. The lowest BCUT2D eigenvalue weighted by molar-refractivity contribution is 0.386. The zero-order valence-electron chi connectivity index (χ0n) is 5.40. The summed E-state index contributed by atoms with van der Waals surface area (Å²) in [7, 11) is 0. The second kappa shape index (κ2) is 1.76. The maximum absolute atomic E-state index is 4.63. The van der Waals surface area contributed by atoms with Crippen LogP contribution in [0.5, 0.6) is 0 Å². The number of aromatic nitrogens is 3. The number of aryl methyl sites for hydroxylation is 1. The first-order valence-corrected chi connectivity index (χ1v) is 2.89. The van der Waals surface area contributed by atoms with Crippen LogP contribution in [0.2, 0.25) is 0 Å². The summed E-state index contributed by atoms with van der Waals surface area (Å²) < 4.78 is 4.63. The van der Waals surface area contributed by atoms with Crippen LogP contribution >= 0.6 is 0 Å². The second-order valence-corrected chi connectivity index (χ2v) is 2.04. The van der Waals surface area contributed by atoms with Crippen molar-refractivity contribution in [3.63, 3.8) is 0 Å². The fourth-order valence-corrected chi connectivity index (χ4v) is 0.814. The summed E-state index contributed by atoms with van der Waals surface area (Å²) in [6.07, 6.45) is 3.00. The minimum atomic E-state index is 0.642. The molecule has 0 unspecified atom stereocenters. The van der Waals surface area contributed by atoms with E-state index >= 15 is 0 Å². The number of hydrogen-bond donors (Lipinski definition) is 0. The Morgan fingerprint density at radius 3 is 3.10 bits per heavy atom. The first-order valence-electron chi connectivity index (χ1n) is 2.89. The summed E-state index contributed by atoms with van der Waals surface area (Å²) in [5, 5.41) is 3.74. The molecule has 0 aromatic rings. The lowest BCUT2D eigenvalue weighted by atomic mass is 10.3. The molecule has 0 aromatic carbocycles. The first-order chi connectivity index (χ1) is 4.88. The van der Waals surface area contributed by atoms with Gasteiger partial charge in [-0.15, -0.1) is 0 Å². The van der Waals surface area contributed by atoms with Crippen LogP contribution in [0.25, 0.3) is 11.5 Å². The molecule has 0 spiro atoms. The van der Waals surface area contributed by atoms with Crippen molar-refractivity contribution < 1.29 is 4.52 Å². The molecule has 4 nitrogen and oxygen atoms in total. The zero-order valence-corrected chi connectivity index (χ0v) is 5.40. The molecule has 0 atom stereocenters. The van der Waals surface area contributed by atoms with E-state index in [2.05, 4.69) is 19.6 Å². The largest absolute Gasteiger partial charge is 0.344 e. The predicted octanol–water partition coefficient (Wildman–Crippen LogP) is 0.878. The molecule has 0 radical (unpaired) electrons. The van der Waals surface area contributed by atoms with Crippen LogP contribution in [0.4, 0.5) is 0 Å². The molecular weight excluding hydrogens is 130 g/mol. The van der Waals surface area contributed by atoms with Gasteiger partial charge in [0.15, 0.2) is 11.5 Å². The van der Waals surface area contributed by atoms with Crippen molar-refractivity contribution in [3.8, 4) is 11.5 Å². The van der Waals surface area contributed by atoms with E-state index in [-0.39, 0.29) is 0 Å². The Labute approximate surface area is 57.2 Å². The molecule has 0 amide bonds. The van der Waals surface area contributed by atoms with E-state index in [1.807, 2.05) is 6.92 Å². The molecule has 0 saturated heterocycles. The highest BCUT2D eigenvalue weighted by Gasteiger charge is 2.09. The molecule has 2 aliphatic heterocycles. The molecule has 10 heavy (non-hydrogen) atoms. The molecule has 2 rings (SSSR count). The van der Waals surface area contributed by atoms with Gasteiger partial charge in [-0.2, -0.15) is 4.98 Å². The van der Waals surface area contributed by atoms with Crippen molar-refractivity contribution in [2.24, 2.45) is 0 Å². The molecule has 0 saturated carbocycles. The molecule has 50 valence electrons. The van der Waals surface area contributed by atoms with Gasteiger partial charge in [-0.3, -0.25) is 0 Å². The Bertz CT molecular complexity index is 317. The standard InChI is InChI=1S/C6H5N3O/c1-4-2-7-6-5(4)9-10-3-8-6/h2-3H,1H3. The SMILES string of the molecule is Cc1cnc2nconc1-2. The summed E-state index contributed by atoms with van der Waals surface area (Å²) in [5.74, 6) is 0.642. The van der Waals surface area contributed by atoms with E-state index in [1.165, 1.54) is 6.39 Å². The van der Waals surface area contributed by atoms with Crippen molar-refractivity contribution in [3.05, 3.63) is 18.2 Å². The number of hydrogen-bond acceptors (Lipinski definition) is 4. The van der Waals surface area contributed by atoms with Gasteiger partial charge >= 0.3 is 0 Å². The van der Waals surface area contributed by atoms with Crippen LogP contribution < -0.4 is 0 Å². The minimum absolute atomic E-state index is 0.642. The van der Waals surface area contributed by atoms with E-state index in [1.54, 1.807) is 6.20 Å². The van der Waals surface area contributed by atoms with E-state index in [4.69, 9.17) is 0 Å². The van der Waals surface area contributed by atoms with Crippen LogP contribution in [0, 0.1) is 6.92 Å². The summed E-state index contributed by atoms with van der Waals surface area (Å²) in [5.41, 5.74) is 1.73. The fraction of sp³-hybridized carbons (Fsp3) is 0.167. The minimum Gasteiger partial charge on any atom is -0.344 e. The highest BCUT2D eigenvalue weighted by molar-refractivity contribution is 5.54. The van der Waals surface area contributed by atoms with Crippen molar-refractivity contribution >= 4 is 0 Å². The van der Waals surface area contributed by atoms with Gasteiger partial charge in [-0.1, -0.05) is 5.16 Å². The topological polar surface area (TPSA) is 51.8 Å². The lowest BCUT2D eigenvalue weighted by Gasteiger charge is -1.90. The number of rotatable bonds is 0. The average molecular weight is 135 g/mol. The molecule has 4 heteroatoms. The third kappa shape index (κ3) is 0.586. The van der Waals surface area contributed by atoms with Crippen molar-refractivity contribution in [2.75, 3.05) is 0 Å². The Hall–Kier alpha value is -1.45. The Morgan fingerprint density at radius 2 is 2.30 bits per heavy atom. The lowest BCUT2D eigenvalue weighted by Crippen LogP contribution is -1.85. The smallest absolute Gasteiger partial charge is 0.213 e. The van der Waals surface area contributed by atoms with Gasteiger partial charge < -0.3 is 4.52 Å². The van der Waals surface area contributed by atoms with Crippen LogP contribution in [0.15, 0.2) is 17.1 Å². The second-order valence-electron chi connectivity index (χ2n) is 2.04. The van der Waals surface area contributed by atoms with E-state index < -0.39 is 0 Å². The van der Waals surface area contributed by atoms with Gasteiger partial charge in [0.1, 0.15) is 0 Å². The van der Waals surface area contributed by atoms with E-state index in [0.29, 0.717) is 5.82 Å². The number of nitrogens with zero attached hydrogens (tertiary/aromatic N) is 3. The van der Waals surface area contributed by atoms with Gasteiger partial charge in [-0.25, -0.2) is 4.98 Å². The van der Waals surface area contributed by atoms with Gasteiger partial charge in [-0.05, 0) is 6.92 Å². The highest BCUT2D eigenvalue weighted by Crippen LogP contribution is 2.17. The molecule has 0 N–H and O–H groups in total. The quantitative estimate of drug-likeness (QED) is 0.538. The number of fused-ring (bicyclic) bond motifs is 1. The highest BCUT2D eigenvalue weighted by atomic mass is 16.5. The molecule has 2 aliphatic rings. The van der Waals surface area contributed by atoms with Gasteiger partial charge in [0.05, 0.1) is 0 Å². The zero-order chi connectivity index (χ0) is 6.97. The van der Waals surface area contributed by atoms with Crippen LogP contribution in [0.1, 0.15) is 5.56 Å². The monoisotopic (exact) mass is 135 g/mol. The average Bonchev–Trinajstić information content (AvgIpc) is 2.34. The van der Waals surface area contributed by atoms with Crippen molar-refractivity contribution in [1.29, 1.82) is 0 Å². The first kappa shape index (κ1) is 5.34. The van der Waals surface area contributed by atoms with Crippen molar-refractivity contribution in [2.45, 2.75) is 6.92 Å². The molecule has 0 aliphatic carbocycles. The Kier molecular flexibility index (Phi) is 0.943. The predicted molar refractivity (Wildman–Crippen MR) is 33.5 cm³/mol. The van der Waals surface area contributed by atoms with Gasteiger partial charge in [0, 0.05) is 11.8 Å². The van der Waals surface area contributed by atoms with Crippen LogP contribution in [0.3, 0.4) is 0 Å².